The highest BCUT2D eigenvalue weighted by Crippen LogP contribution is 2.38. The standard InChI is InChI=1S/C35H26N8/c1-20-37-21(2)40-34(39-20)25-14-16-32(30(17-25)35-41-22(3)38-23(4)42-35)43-31-12-8-7-11-28(31)29-15-13-24(18-33(29)43)27-10-6-5-9-26(27)19-36/h5-18H,1-4H3. The summed E-state index contributed by atoms with van der Waals surface area (Å²) in [5, 5.41) is 12.0. The van der Waals surface area contributed by atoms with Crippen molar-refractivity contribution in [3.63, 3.8) is 0 Å². The Morgan fingerprint density at radius 3 is 1.86 bits per heavy atom. The summed E-state index contributed by atoms with van der Waals surface area (Å²) in [6.45, 7) is 7.48. The van der Waals surface area contributed by atoms with Gasteiger partial charge in [0.1, 0.15) is 23.3 Å². The van der Waals surface area contributed by atoms with Crippen LogP contribution in [-0.2, 0) is 0 Å². The fourth-order valence-electron chi connectivity index (χ4n) is 5.76. The van der Waals surface area contributed by atoms with Gasteiger partial charge in [-0.05, 0) is 75.2 Å². The number of aryl methyl sites for hydroxylation is 4. The van der Waals surface area contributed by atoms with Crippen molar-refractivity contribution in [1.82, 2.24) is 34.5 Å². The van der Waals surface area contributed by atoms with Crippen LogP contribution in [0.4, 0.5) is 0 Å². The highest BCUT2D eigenvalue weighted by Gasteiger charge is 2.20. The number of fused-ring (bicyclic) bond motifs is 3. The van der Waals surface area contributed by atoms with Crippen molar-refractivity contribution < 1.29 is 0 Å². The van der Waals surface area contributed by atoms with E-state index in [0.717, 1.165) is 49.7 Å². The fourth-order valence-corrected chi connectivity index (χ4v) is 5.76. The molecule has 8 heteroatoms. The van der Waals surface area contributed by atoms with E-state index in [1.54, 1.807) is 0 Å². The summed E-state index contributed by atoms with van der Waals surface area (Å²) in [5.74, 6) is 3.77. The number of nitriles is 1. The van der Waals surface area contributed by atoms with E-state index in [4.69, 9.17) is 9.97 Å². The first-order valence-corrected chi connectivity index (χ1v) is 14.0. The van der Waals surface area contributed by atoms with Crippen LogP contribution in [-0.4, -0.2) is 34.5 Å². The van der Waals surface area contributed by atoms with Crippen LogP contribution in [0.3, 0.4) is 0 Å². The lowest BCUT2D eigenvalue weighted by Crippen LogP contribution is -2.04. The SMILES string of the molecule is Cc1nc(C)nc(-c2ccc(-n3c4ccccc4c4ccc(-c5ccccc5C#N)cc43)c(-c3nc(C)nc(C)n3)c2)n1. The van der Waals surface area contributed by atoms with Gasteiger partial charge in [-0.2, -0.15) is 5.26 Å². The lowest BCUT2D eigenvalue weighted by atomic mass is 9.99. The Hall–Kier alpha value is -5.81. The van der Waals surface area contributed by atoms with Gasteiger partial charge in [0.2, 0.25) is 0 Å². The van der Waals surface area contributed by atoms with Gasteiger partial charge < -0.3 is 4.57 Å². The molecule has 8 nitrogen and oxygen atoms in total. The normalized spacial score (nSPS) is 11.2. The molecule has 0 fully saturated rings. The fraction of sp³-hybridized carbons (Fsp3) is 0.114. The molecule has 7 rings (SSSR count). The number of aromatic nitrogens is 7. The molecule has 3 aromatic heterocycles. The average molecular weight is 559 g/mol. The molecule has 0 N–H and O–H groups in total. The van der Waals surface area contributed by atoms with Crippen LogP contribution in [0, 0.1) is 39.0 Å². The molecule has 0 aliphatic carbocycles. The monoisotopic (exact) mass is 558 g/mol. The van der Waals surface area contributed by atoms with Gasteiger partial charge in [-0.3, -0.25) is 0 Å². The van der Waals surface area contributed by atoms with Crippen molar-refractivity contribution >= 4 is 21.8 Å². The first-order valence-electron chi connectivity index (χ1n) is 14.0. The number of hydrogen-bond donors (Lipinski definition) is 0. The van der Waals surface area contributed by atoms with Gasteiger partial charge in [-0.15, -0.1) is 0 Å². The van der Waals surface area contributed by atoms with Crippen molar-refractivity contribution in [2.75, 3.05) is 0 Å². The molecule has 0 atom stereocenters. The second kappa shape index (κ2) is 10.2. The minimum Gasteiger partial charge on any atom is -0.308 e. The van der Waals surface area contributed by atoms with Crippen molar-refractivity contribution in [3.8, 4) is 45.7 Å². The van der Waals surface area contributed by atoms with Gasteiger partial charge in [0.25, 0.3) is 0 Å². The van der Waals surface area contributed by atoms with Crippen LogP contribution in [0.15, 0.2) is 84.9 Å². The third-order valence-corrected chi connectivity index (χ3v) is 7.49. The highest BCUT2D eigenvalue weighted by atomic mass is 15.0. The van der Waals surface area contributed by atoms with Gasteiger partial charge in [0.05, 0.1) is 28.4 Å². The van der Waals surface area contributed by atoms with Crippen LogP contribution in [0.1, 0.15) is 28.9 Å². The predicted octanol–water partition coefficient (Wildman–Crippen LogP) is 7.26. The smallest absolute Gasteiger partial charge is 0.165 e. The number of benzene rings is 4. The Labute approximate surface area is 248 Å². The molecular formula is C35H26N8. The molecule has 3 heterocycles. The van der Waals surface area contributed by atoms with Crippen molar-refractivity contribution in [2.24, 2.45) is 0 Å². The topological polar surface area (TPSA) is 106 Å². The molecule has 0 saturated heterocycles. The Bertz CT molecular complexity index is 2220. The lowest BCUT2D eigenvalue weighted by Gasteiger charge is -2.15. The summed E-state index contributed by atoms with van der Waals surface area (Å²) in [7, 11) is 0. The van der Waals surface area contributed by atoms with Crippen LogP contribution >= 0.6 is 0 Å². The van der Waals surface area contributed by atoms with Crippen LogP contribution in [0.2, 0.25) is 0 Å². The maximum atomic E-state index is 9.81. The largest absolute Gasteiger partial charge is 0.308 e. The van der Waals surface area contributed by atoms with E-state index in [9.17, 15) is 5.26 Å². The second-order valence-corrected chi connectivity index (χ2v) is 10.5. The van der Waals surface area contributed by atoms with Crippen LogP contribution in [0.5, 0.6) is 0 Å². The molecule has 4 aromatic carbocycles. The number of para-hydroxylation sites is 1. The summed E-state index contributed by atoms with van der Waals surface area (Å²) < 4.78 is 2.25. The quantitative estimate of drug-likeness (QED) is 0.224. The van der Waals surface area contributed by atoms with Crippen molar-refractivity contribution in [3.05, 3.63) is 114 Å². The molecule has 206 valence electrons. The van der Waals surface area contributed by atoms with E-state index in [1.165, 1.54) is 0 Å². The van der Waals surface area contributed by atoms with Gasteiger partial charge >= 0.3 is 0 Å². The minimum absolute atomic E-state index is 0.571. The molecule has 0 aliphatic heterocycles. The Morgan fingerprint density at radius 1 is 0.535 bits per heavy atom. The predicted molar refractivity (Wildman–Crippen MR) is 168 cm³/mol. The van der Waals surface area contributed by atoms with Gasteiger partial charge in [0, 0.05) is 21.9 Å². The summed E-state index contributed by atoms with van der Waals surface area (Å²) in [5.41, 5.74) is 7.13. The molecule has 0 aliphatic rings. The first-order chi connectivity index (χ1) is 20.9. The lowest BCUT2D eigenvalue weighted by molar-refractivity contribution is 0.924. The molecular weight excluding hydrogens is 532 g/mol. The summed E-state index contributed by atoms with van der Waals surface area (Å²) in [4.78, 5) is 27.6. The zero-order valence-electron chi connectivity index (χ0n) is 24.2. The maximum Gasteiger partial charge on any atom is 0.165 e. The van der Waals surface area contributed by atoms with Crippen molar-refractivity contribution in [2.45, 2.75) is 27.7 Å². The number of hydrogen-bond acceptors (Lipinski definition) is 7. The summed E-state index contributed by atoms with van der Waals surface area (Å²) >= 11 is 0. The Balaban J connectivity index is 1.56. The summed E-state index contributed by atoms with van der Waals surface area (Å²) in [6.07, 6.45) is 0. The van der Waals surface area contributed by atoms with Gasteiger partial charge in [-0.1, -0.05) is 48.5 Å². The van der Waals surface area contributed by atoms with Crippen molar-refractivity contribution in [1.29, 1.82) is 5.26 Å². The molecule has 0 saturated carbocycles. The molecule has 7 aromatic rings. The highest BCUT2D eigenvalue weighted by molar-refractivity contribution is 6.10. The zero-order valence-corrected chi connectivity index (χ0v) is 24.2. The Kier molecular flexibility index (Phi) is 6.21. The van der Waals surface area contributed by atoms with Crippen LogP contribution in [0.25, 0.3) is 61.4 Å². The zero-order chi connectivity index (χ0) is 29.7. The number of rotatable bonds is 4. The van der Waals surface area contributed by atoms with Gasteiger partial charge in [-0.25, -0.2) is 29.9 Å². The van der Waals surface area contributed by atoms with Crippen LogP contribution < -0.4 is 0 Å². The molecule has 0 amide bonds. The molecule has 43 heavy (non-hydrogen) atoms. The second-order valence-electron chi connectivity index (χ2n) is 10.5. The molecule has 0 bridgehead atoms. The van der Waals surface area contributed by atoms with E-state index in [1.807, 2.05) is 70.2 Å². The number of nitrogens with zero attached hydrogens (tertiary/aromatic N) is 8. The average Bonchev–Trinajstić information content (AvgIpc) is 3.33. The first kappa shape index (κ1) is 26.1. The third-order valence-electron chi connectivity index (χ3n) is 7.49. The van der Waals surface area contributed by atoms with E-state index >= 15 is 0 Å². The Morgan fingerprint density at radius 2 is 1.14 bits per heavy atom. The van der Waals surface area contributed by atoms with E-state index in [0.29, 0.717) is 40.5 Å². The summed E-state index contributed by atoms with van der Waals surface area (Å²) in [6, 6.07) is 30.9. The van der Waals surface area contributed by atoms with E-state index < -0.39 is 0 Å². The van der Waals surface area contributed by atoms with E-state index in [-0.39, 0.29) is 0 Å². The third kappa shape index (κ3) is 4.57. The molecule has 0 unspecified atom stereocenters. The van der Waals surface area contributed by atoms with Gasteiger partial charge in [0.15, 0.2) is 11.6 Å². The maximum absolute atomic E-state index is 9.81. The molecule has 0 radical (unpaired) electrons. The van der Waals surface area contributed by atoms with E-state index in [2.05, 4.69) is 73.0 Å². The minimum atomic E-state index is 0.571. The molecule has 0 spiro atoms.